The van der Waals surface area contributed by atoms with Crippen LogP contribution in [0.4, 0.5) is 11.4 Å². The van der Waals surface area contributed by atoms with Crippen LogP contribution in [0, 0.1) is 22.7 Å². The van der Waals surface area contributed by atoms with Crippen LogP contribution in [0.2, 0.25) is 0 Å². The van der Waals surface area contributed by atoms with Gasteiger partial charge in [-0.05, 0) is 41.0 Å². The van der Waals surface area contributed by atoms with E-state index in [9.17, 15) is 10.5 Å². The van der Waals surface area contributed by atoms with Crippen LogP contribution in [0.1, 0.15) is 11.1 Å². The molecular weight excluding hydrogens is 366 g/mol. The van der Waals surface area contributed by atoms with Gasteiger partial charge in [-0.2, -0.15) is 10.5 Å². The second-order valence-corrected chi connectivity index (χ2v) is 7.31. The molecule has 30 heavy (non-hydrogen) atoms. The summed E-state index contributed by atoms with van der Waals surface area (Å²) in [5.41, 5.74) is 9.40. The molecule has 3 nitrogen and oxygen atoms in total. The summed E-state index contributed by atoms with van der Waals surface area (Å²) in [4.78, 5) is 2.19. The van der Waals surface area contributed by atoms with Gasteiger partial charge < -0.3 is 4.90 Å². The van der Waals surface area contributed by atoms with E-state index in [4.69, 9.17) is 0 Å². The number of anilines is 2. The van der Waals surface area contributed by atoms with Crippen molar-refractivity contribution in [1.29, 1.82) is 10.5 Å². The highest BCUT2D eigenvalue weighted by molar-refractivity contribution is 6.00. The molecule has 0 spiro atoms. The summed E-state index contributed by atoms with van der Waals surface area (Å²) >= 11 is 0. The molecule has 0 amide bonds. The van der Waals surface area contributed by atoms with Crippen molar-refractivity contribution in [1.82, 2.24) is 0 Å². The number of para-hydroxylation sites is 1. The number of rotatable bonds is 1. The summed E-state index contributed by atoms with van der Waals surface area (Å²) in [7, 11) is 2.06. The topological polar surface area (TPSA) is 50.8 Å². The number of nitrogens with zero attached hydrogens (tertiary/aromatic N) is 3. The first-order valence-electron chi connectivity index (χ1n) is 9.73. The van der Waals surface area contributed by atoms with E-state index < -0.39 is 0 Å². The Kier molecular flexibility index (Phi) is 4.09. The van der Waals surface area contributed by atoms with Crippen molar-refractivity contribution < 1.29 is 0 Å². The first kappa shape index (κ1) is 17.7. The van der Waals surface area contributed by atoms with Gasteiger partial charge >= 0.3 is 0 Å². The maximum Gasteiger partial charge on any atom is 0.0998 e. The Morgan fingerprint density at radius 1 is 0.600 bits per heavy atom. The SMILES string of the molecule is CN1c2ccccc2-c2ccccc2-c2ccc(-c3c(C#N)cccc3C#N)cc21. The third-order valence-corrected chi connectivity index (χ3v) is 5.73. The third kappa shape index (κ3) is 2.58. The van der Waals surface area contributed by atoms with Crippen LogP contribution in [0.5, 0.6) is 0 Å². The maximum absolute atomic E-state index is 9.63. The molecule has 0 bridgehead atoms. The maximum atomic E-state index is 9.63. The van der Waals surface area contributed by atoms with Crippen LogP contribution < -0.4 is 4.90 Å². The van der Waals surface area contributed by atoms with Gasteiger partial charge in [0.05, 0.1) is 23.3 Å². The van der Waals surface area contributed by atoms with Crippen molar-refractivity contribution in [3.05, 3.63) is 96.1 Å². The molecule has 1 heterocycles. The predicted molar refractivity (Wildman–Crippen MR) is 120 cm³/mol. The van der Waals surface area contributed by atoms with Gasteiger partial charge in [0.2, 0.25) is 0 Å². The molecule has 0 fully saturated rings. The van der Waals surface area contributed by atoms with E-state index >= 15 is 0 Å². The molecule has 0 radical (unpaired) electrons. The van der Waals surface area contributed by atoms with Crippen LogP contribution in [0.15, 0.2) is 84.9 Å². The number of nitriles is 2. The molecule has 140 valence electrons. The van der Waals surface area contributed by atoms with Gasteiger partial charge in [-0.3, -0.25) is 0 Å². The lowest BCUT2D eigenvalue weighted by atomic mass is 9.91. The molecule has 0 unspecified atom stereocenters. The summed E-state index contributed by atoms with van der Waals surface area (Å²) in [6.45, 7) is 0. The summed E-state index contributed by atoms with van der Waals surface area (Å²) in [5, 5.41) is 19.3. The van der Waals surface area contributed by atoms with Gasteiger partial charge in [0.15, 0.2) is 0 Å². The van der Waals surface area contributed by atoms with Crippen LogP contribution in [-0.2, 0) is 0 Å². The third-order valence-electron chi connectivity index (χ3n) is 5.73. The summed E-state index contributed by atoms with van der Waals surface area (Å²) in [5.74, 6) is 0. The highest BCUT2D eigenvalue weighted by Crippen LogP contribution is 2.48. The summed E-state index contributed by atoms with van der Waals surface area (Å²) in [6.07, 6.45) is 0. The highest BCUT2D eigenvalue weighted by atomic mass is 15.1. The predicted octanol–water partition coefficient (Wildman–Crippen LogP) is 6.51. The molecule has 5 rings (SSSR count). The Balaban J connectivity index is 1.83. The van der Waals surface area contributed by atoms with E-state index in [0.29, 0.717) is 16.7 Å². The molecule has 0 aromatic heterocycles. The largest absolute Gasteiger partial charge is 0.344 e. The smallest absolute Gasteiger partial charge is 0.0998 e. The van der Waals surface area contributed by atoms with Crippen molar-refractivity contribution >= 4 is 11.4 Å². The minimum atomic E-state index is 0.506. The zero-order valence-corrected chi connectivity index (χ0v) is 16.4. The Bertz CT molecular complexity index is 1350. The molecule has 3 heteroatoms. The van der Waals surface area contributed by atoms with Crippen LogP contribution in [0.25, 0.3) is 33.4 Å². The van der Waals surface area contributed by atoms with E-state index in [1.807, 2.05) is 12.1 Å². The van der Waals surface area contributed by atoms with Gasteiger partial charge in [-0.25, -0.2) is 0 Å². The lowest BCUT2D eigenvalue weighted by Gasteiger charge is -2.23. The Labute approximate surface area is 175 Å². The Hall–Kier alpha value is -4.34. The first-order chi connectivity index (χ1) is 14.7. The molecule has 1 aliphatic heterocycles. The zero-order valence-electron chi connectivity index (χ0n) is 16.4. The minimum Gasteiger partial charge on any atom is -0.344 e. The molecule has 0 aliphatic carbocycles. The Morgan fingerprint density at radius 3 is 1.80 bits per heavy atom. The van der Waals surface area contributed by atoms with Gasteiger partial charge in [0.1, 0.15) is 0 Å². The van der Waals surface area contributed by atoms with Gasteiger partial charge in [-0.15, -0.1) is 0 Å². The number of hydrogen-bond donors (Lipinski definition) is 0. The summed E-state index contributed by atoms with van der Waals surface area (Å²) in [6, 6.07) is 32.8. The molecule has 0 N–H and O–H groups in total. The van der Waals surface area contributed by atoms with E-state index in [1.54, 1.807) is 18.2 Å². The monoisotopic (exact) mass is 383 g/mol. The van der Waals surface area contributed by atoms with Crippen molar-refractivity contribution in [2.24, 2.45) is 0 Å². The minimum absolute atomic E-state index is 0.506. The van der Waals surface area contributed by atoms with Crippen LogP contribution in [-0.4, -0.2) is 7.05 Å². The average molecular weight is 383 g/mol. The first-order valence-corrected chi connectivity index (χ1v) is 9.73. The van der Waals surface area contributed by atoms with Crippen LogP contribution in [0.3, 0.4) is 0 Å². The normalized spacial score (nSPS) is 11.4. The molecular formula is C27H17N3. The fourth-order valence-electron chi connectivity index (χ4n) is 4.32. The molecule has 0 saturated heterocycles. The Morgan fingerprint density at radius 2 is 1.17 bits per heavy atom. The number of benzene rings is 4. The second kappa shape index (κ2) is 6.92. The molecule has 0 atom stereocenters. The van der Waals surface area contributed by atoms with Gasteiger partial charge in [-0.1, -0.05) is 60.7 Å². The fourth-order valence-corrected chi connectivity index (χ4v) is 4.32. The standard InChI is InChI=1S/C27H17N3/c1-30-25-12-5-4-11-23(25)21-9-2-3-10-22(21)24-14-13-18(15-26(24)30)27-19(16-28)7-6-8-20(27)17-29/h2-15H,1H3. The van der Waals surface area contributed by atoms with Gasteiger partial charge in [0, 0.05) is 35.1 Å². The average Bonchev–Trinajstić information content (AvgIpc) is 2.92. The van der Waals surface area contributed by atoms with E-state index in [1.165, 1.54) is 16.7 Å². The van der Waals surface area contributed by atoms with E-state index in [-0.39, 0.29) is 0 Å². The molecule has 0 saturated carbocycles. The zero-order chi connectivity index (χ0) is 20.7. The van der Waals surface area contributed by atoms with Crippen LogP contribution >= 0.6 is 0 Å². The van der Waals surface area contributed by atoms with Crippen molar-refractivity contribution in [3.8, 4) is 45.5 Å². The van der Waals surface area contributed by atoms with Crippen molar-refractivity contribution in [2.75, 3.05) is 11.9 Å². The molecule has 1 aliphatic rings. The van der Waals surface area contributed by atoms with E-state index in [0.717, 1.165) is 22.5 Å². The summed E-state index contributed by atoms with van der Waals surface area (Å²) < 4.78 is 0. The number of hydrogen-bond acceptors (Lipinski definition) is 3. The quantitative estimate of drug-likeness (QED) is 0.376. The van der Waals surface area contributed by atoms with Gasteiger partial charge in [0.25, 0.3) is 0 Å². The van der Waals surface area contributed by atoms with Crippen molar-refractivity contribution in [2.45, 2.75) is 0 Å². The second-order valence-electron chi connectivity index (χ2n) is 7.31. The molecule has 4 aromatic rings. The molecule has 4 aromatic carbocycles. The number of fused-ring (bicyclic) bond motifs is 5. The lowest BCUT2D eigenvalue weighted by Crippen LogP contribution is -2.10. The van der Waals surface area contributed by atoms with Crippen molar-refractivity contribution in [3.63, 3.8) is 0 Å². The lowest BCUT2D eigenvalue weighted by molar-refractivity contribution is 1.22. The highest BCUT2D eigenvalue weighted by Gasteiger charge is 2.23. The van der Waals surface area contributed by atoms with E-state index in [2.05, 4.69) is 78.7 Å². The fraction of sp³-hybridized carbons (Fsp3) is 0.0370.